The summed E-state index contributed by atoms with van der Waals surface area (Å²) in [5, 5.41) is 3.82. The maximum Gasteiger partial charge on any atom is 0.230 e. The average Bonchev–Trinajstić information content (AvgIpc) is 2.96. The number of hydrogen-bond donors (Lipinski definition) is 1. The van der Waals surface area contributed by atoms with Gasteiger partial charge in [0.05, 0.1) is 5.56 Å². The van der Waals surface area contributed by atoms with E-state index in [-0.39, 0.29) is 17.0 Å². The van der Waals surface area contributed by atoms with Gasteiger partial charge in [0.1, 0.15) is 11.6 Å². The van der Waals surface area contributed by atoms with Crippen LogP contribution in [0.3, 0.4) is 0 Å². The van der Waals surface area contributed by atoms with Crippen molar-refractivity contribution in [2.45, 2.75) is 0 Å². The first-order chi connectivity index (χ1) is 9.58. The smallest absolute Gasteiger partial charge is 0.230 e. The lowest BCUT2D eigenvalue weighted by Crippen LogP contribution is -1.96. The van der Waals surface area contributed by atoms with E-state index in [1.165, 1.54) is 6.07 Å². The maximum atomic E-state index is 13.9. The van der Waals surface area contributed by atoms with Crippen LogP contribution < -0.4 is 5.73 Å². The van der Waals surface area contributed by atoms with Crippen molar-refractivity contribution < 1.29 is 13.3 Å². The standard InChI is InChI=1S/C13H10F2N4O/c1-19-5-4-17-13(19)11-10(12(16)20-18-11)8-3-2-7(14)6-9(8)15/h2-6H,16H2,1H3. The Kier molecular flexibility index (Phi) is 2.74. The molecule has 0 bridgehead atoms. The third kappa shape index (κ3) is 1.83. The molecule has 2 heterocycles. The molecule has 0 aliphatic carbocycles. The van der Waals surface area contributed by atoms with Gasteiger partial charge in [-0.25, -0.2) is 13.8 Å². The molecule has 3 rings (SSSR count). The minimum Gasteiger partial charge on any atom is -0.367 e. The molecule has 7 heteroatoms. The quantitative estimate of drug-likeness (QED) is 0.781. The minimum atomic E-state index is -0.740. The van der Waals surface area contributed by atoms with E-state index < -0.39 is 11.6 Å². The number of nitrogens with zero attached hydrogens (tertiary/aromatic N) is 3. The topological polar surface area (TPSA) is 69.9 Å². The Morgan fingerprint density at radius 2 is 2.10 bits per heavy atom. The van der Waals surface area contributed by atoms with Gasteiger partial charge in [-0.15, -0.1) is 0 Å². The summed E-state index contributed by atoms with van der Waals surface area (Å²) < 4.78 is 33.5. The Morgan fingerprint density at radius 1 is 1.30 bits per heavy atom. The molecule has 102 valence electrons. The summed E-state index contributed by atoms with van der Waals surface area (Å²) in [5.41, 5.74) is 6.39. The van der Waals surface area contributed by atoms with Gasteiger partial charge >= 0.3 is 0 Å². The predicted octanol–water partition coefficient (Wildman–Crippen LogP) is 2.60. The van der Waals surface area contributed by atoms with Crippen LogP contribution in [0.15, 0.2) is 35.1 Å². The summed E-state index contributed by atoms with van der Waals surface area (Å²) >= 11 is 0. The van der Waals surface area contributed by atoms with Crippen LogP contribution in [0.1, 0.15) is 0 Å². The number of nitrogens with two attached hydrogens (primary N) is 1. The van der Waals surface area contributed by atoms with Crippen LogP contribution in [0.5, 0.6) is 0 Å². The fourth-order valence-electron chi connectivity index (χ4n) is 2.00. The van der Waals surface area contributed by atoms with E-state index in [0.717, 1.165) is 12.1 Å². The van der Waals surface area contributed by atoms with Gasteiger partial charge in [-0.3, -0.25) is 0 Å². The second kappa shape index (κ2) is 4.44. The molecular formula is C13H10F2N4O. The molecule has 0 radical (unpaired) electrons. The van der Waals surface area contributed by atoms with E-state index in [0.29, 0.717) is 11.5 Å². The lowest BCUT2D eigenvalue weighted by Gasteiger charge is -2.04. The number of imidazole rings is 1. The van der Waals surface area contributed by atoms with Crippen molar-refractivity contribution in [3.05, 3.63) is 42.2 Å². The predicted molar refractivity (Wildman–Crippen MR) is 68.5 cm³/mol. The Bertz CT molecular complexity index is 779. The van der Waals surface area contributed by atoms with Crippen LogP contribution in [0.2, 0.25) is 0 Å². The van der Waals surface area contributed by atoms with Gasteiger partial charge in [-0.1, -0.05) is 5.16 Å². The highest BCUT2D eigenvalue weighted by atomic mass is 19.1. The third-order valence-electron chi connectivity index (χ3n) is 2.95. The Hall–Kier alpha value is -2.70. The summed E-state index contributed by atoms with van der Waals surface area (Å²) in [4.78, 5) is 4.12. The minimum absolute atomic E-state index is 0.0477. The largest absolute Gasteiger partial charge is 0.367 e. The van der Waals surface area contributed by atoms with Crippen molar-refractivity contribution in [2.75, 3.05) is 5.73 Å². The van der Waals surface area contributed by atoms with Crippen LogP contribution >= 0.6 is 0 Å². The number of rotatable bonds is 2. The Morgan fingerprint density at radius 3 is 2.75 bits per heavy atom. The molecule has 20 heavy (non-hydrogen) atoms. The summed E-state index contributed by atoms with van der Waals surface area (Å²) in [6.07, 6.45) is 3.29. The number of nitrogen functional groups attached to an aromatic ring is 1. The molecule has 2 aromatic heterocycles. The third-order valence-corrected chi connectivity index (χ3v) is 2.95. The molecule has 0 aliphatic rings. The second-order valence-corrected chi connectivity index (χ2v) is 4.26. The van der Waals surface area contributed by atoms with Crippen molar-refractivity contribution in [3.8, 4) is 22.6 Å². The number of hydrogen-bond acceptors (Lipinski definition) is 4. The lowest BCUT2D eigenvalue weighted by atomic mass is 10.0. The number of aryl methyl sites for hydroxylation is 1. The second-order valence-electron chi connectivity index (χ2n) is 4.26. The van der Waals surface area contributed by atoms with Crippen molar-refractivity contribution in [1.29, 1.82) is 0 Å². The van der Waals surface area contributed by atoms with E-state index in [4.69, 9.17) is 10.3 Å². The zero-order valence-corrected chi connectivity index (χ0v) is 10.5. The average molecular weight is 276 g/mol. The SMILES string of the molecule is Cn1ccnc1-c1noc(N)c1-c1ccc(F)cc1F. The van der Waals surface area contributed by atoms with E-state index in [9.17, 15) is 8.78 Å². The lowest BCUT2D eigenvalue weighted by molar-refractivity contribution is 0.438. The summed E-state index contributed by atoms with van der Waals surface area (Å²) in [6.45, 7) is 0. The molecule has 0 saturated carbocycles. The van der Waals surface area contributed by atoms with E-state index >= 15 is 0 Å². The molecule has 0 spiro atoms. The van der Waals surface area contributed by atoms with Crippen molar-refractivity contribution >= 4 is 5.88 Å². The van der Waals surface area contributed by atoms with Crippen LogP contribution in [0.4, 0.5) is 14.7 Å². The molecule has 0 aliphatic heterocycles. The monoisotopic (exact) mass is 276 g/mol. The fourth-order valence-corrected chi connectivity index (χ4v) is 2.00. The van der Waals surface area contributed by atoms with E-state index in [1.54, 1.807) is 24.0 Å². The number of anilines is 1. The molecular weight excluding hydrogens is 266 g/mol. The Labute approximate surface area is 112 Å². The molecule has 0 fully saturated rings. The van der Waals surface area contributed by atoms with Crippen LogP contribution in [-0.2, 0) is 7.05 Å². The van der Waals surface area contributed by atoms with Crippen molar-refractivity contribution in [1.82, 2.24) is 14.7 Å². The van der Waals surface area contributed by atoms with Crippen LogP contribution in [0, 0.1) is 11.6 Å². The molecule has 1 aromatic carbocycles. The maximum absolute atomic E-state index is 13.9. The molecule has 3 aromatic rings. The number of aromatic nitrogens is 3. The molecule has 0 amide bonds. The first-order valence-electron chi connectivity index (χ1n) is 5.76. The molecule has 0 unspecified atom stereocenters. The highest BCUT2D eigenvalue weighted by Gasteiger charge is 2.22. The van der Waals surface area contributed by atoms with Gasteiger partial charge in [0.25, 0.3) is 0 Å². The number of halogens is 2. The van der Waals surface area contributed by atoms with Gasteiger partial charge < -0.3 is 14.8 Å². The zero-order valence-electron chi connectivity index (χ0n) is 10.5. The van der Waals surface area contributed by atoms with E-state index in [2.05, 4.69) is 10.1 Å². The van der Waals surface area contributed by atoms with Crippen molar-refractivity contribution in [3.63, 3.8) is 0 Å². The highest BCUT2D eigenvalue weighted by Crippen LogP contribution is 2.36. The van der Waals surface area contributed by atoms with Crippen LogP contribution in [-0.4, -0.2) is 14.7 Å². The van der Waals surface area contributed by atoms with Gasteiger partial charge in [0.15, 0.2) is 11.5 Å². The summed E-state index contributed by atoms with van der Waals surface area (Å²) in [5.74, 6) is -0.979. The zero-order chi connectivity index (χ0) is 14.3. The number of benzene rings is 1. The van der Waals surface area contributed by atoms with Gasteiger partial charge in [-0.2, -0.15) is 0 Å². The molecule has 0 saturated heterocycles. The first-order valence-corrected chi connectivity index (χ1v) is 5.76. The van der Waals surface area contributed by atoms with Crippen LogP contribution in [0.25, 0.3) is 22.6 Å². The van der Waals surface area contributed by atoms with Gasteiger partial charge in [-0.05, 0) is 12.1 Å². The highest BCUT2D eigenvalue weighted by molar-refractivity contribution is 5.85. The molecule has 0 atom stereocenters. The summed E-state index contributed by atoms with van der Waals surface area (Å²) in [6, 6.07) is 3.22. The van der Waals surface area contributed by atoms with Gasteiger partial charge in [0, 0.05) is 31.1 Å². The molecule has 2 N–H and O–H groups in total. The van der Waals surface area contributed by atoms with E-state index in [1.807, 2.05) is 0 Å². The first kappa shape index (κ1) is 12.3. The molecule has 5 nitrogen and oxygen atoms in total. The summed E-state index contributed by atoms with van der Waals surface area (Å²) in [7, 11) is 1.76. The van der Waals surface area contributed by atoms with Crippen molar-refractivity contribution in [2.24, 2.45) is 7.05 Å². The van der Waals surface area contributed by atoms with Gasteiger partial charge in [0.2, 0.25) is 5.88 Å². The normalized spacial score (nSPS) is 10.9. The Balaban J connectivity index is 2.24. The fraction of sp³-hybridized carbons (Fsp3) is 0.0769.